The van der Waals surface area contributed by atoms with Crippen molar-refractivity contribution < 1.29 is 22.7 Å². The van der Waals surface area contributed by atoms with Crippen molar-refractivity contribution in [3.8, 4) is 5.75 Å². The van der Waals surface area contributed by atoms with Crippen LogP contribution < -0.4 is 14.4 Å². The molecule has 218 valence electrons. The molecule has 8 nitrogen and oxygen atoms in total. The first-order valence-electron chi connectivity index (χ1n) is 14.1. The fraction of sp³-hybridized carbons (Fsp3) is 0.375. The number of nitrogens with one attached hydrogen (secondary N) is 1. The molecule has 1 fully saturated rings. The van der Waals surface area contributed by atoms with Crippen LogP contribution in [0.4, 0.5) is 5.69 Å². The number of carbonyl (C=O) groups is 2. The smallest absolute Gasteiger partial charge is 0.264 e. The first-order valence-corrected chi connectivity index (χ1v) is 15.5. The maximum absolute atomic E-state index is 14.1. The van der Waals surface area contributed by atoms with Crippen LogP contribution in [0.3, 0.4) is 0 Å². The van der Waals surface area contributed by atoms with E-state index in [2.05, 4.69) is 5.32 Å². The molecule has 0 aromatic heterocycles. The Morgan fingerprint density at radius 2 is 1.63 bits per heavy atom. The normalized spacial score (nSPS) is 14.6. The summed E-state index contributed by atoms with van der Waals surface area (Å²) in [5.41, 5.74) is 2.05. The van der Waals surface area contributed by atoms with E-state index in [1.165, 1.54) is 24.1 Å². The molecule has 0 aliphatic heterocycles. The van der Waals surface area contributed by atoms with Crippen molar-refractivity contribution >= 4 is 27.5 Å². The summed E-state index contributed by atoms with van der Waals surface area (Å²) >= 11 is 0. The predicted molar refractivity (Wildman–Crippen MR) is 160 cm³/mol. The van der Waals surface area contributed by atoms with E-state index in [0.29, 0.717) is 5.75 Å². The molecule has 3 aromatic carbocycles. The average molecular weight is 578 g/mol. The number of rotatable bonds is 11. The second-order valence-electron chi connectivity index (χ2n) is 10.6. The molecule has 0 saturated heterocycles. The number of hydrogen-bond donors (Lipinski definition) is 1. The summed E-state index contributed by atoms with van der Waals surface area (Å²) in [7, 11) is -2.64. The average Bonchev–Trinajstić information content (AvgIpc) is 2.99. The Bertz CT molecular complexity index is 1420. The van der Waals surface area contributed by atoms with Crippen LogP contribution in [0.15, 0.2) is 83.8 Å². The Morgan fingerprint density at radius 3 is 2.29 bits per heavy atom. The fourth-order valence-corrected chi connectivity index (χ4v) is 6.47. The molecule has 0 heterocycles. The first kappa shape index (κ1) is 30.1. The molecule has 1 aliphatic carbocycles. The van der Waals surface area contributed by atoms with Crippen LogP contribution in [0.25, 0.3) is 0 Å². The van der Waals surface area contributed by atoms with Gasteiger partial charge in [0.05, 0.1) is 17.7 Å². The van der Waals surface area contributed by atoms with Crippen molar-refractivity contribution in [2.24, 2.45) is 0 Å². The molecule has 1 saturated carbocycles. The summed E-state index contributed by atoms with van der Waals surface area (Å²) in [6.45, 7) is 3.25. The van der Waals surface area contributed by atoms with Gasteiger partial charge in [-0.25, -0.2) is 8.42 Å². The molecule has 1 N–H and O–H groups in total. The lowest BCUT2D eigenvalue weighted by atomic mass is 9.95. The van der Waals surface area contributed by atoms with Gasteiger partial charge in [-0.05, 0) is 56.5 Å². The van der Waals surface area contributed by atoms with Gasteiger partial charge in [0.25, 0.3) is 10.0 Å². The van der Waals surface area contributed by atoms with Crippen molar-refractivity contribution in [3.63, 3.8) is 0 Å². The number of carbonyl (C=O) groups excluding carboxylic acids is 2. The first-order chi connectivity index (χ1) is 19.7. The van der Waals surface area contributed by atoms with Crippen LogP contribution in [0.2, 0.25) is 0 Å². The van der Waals surface area contributed by atoms with E-state index in [9.17, 15) is 18.0 Å². The second kappa shape index (κ2) is 13.7. The lowest BCUT2D eigenvalue weighted by Crippen LogP contribution is -2.53. The van der Waals surface area contributed by atoms with Gasteiger partial charge in [-0.3, -0.25) is 13.9 Å². The minimum Gasteiger partial charge on any atom is -0.497 e. The molecule has 41 heavy (non-hydrogen) atoms. The van der Waals surface area contributed by atoms with Crippen LogP contribution in [0.5, 0.6) is 5.75 Å². The maximum atomic E-state index is 14.1. The van der Waals surface area contributed by atoms with Gasteiger partial charge in [0.1, 0.15) is 18.3 Å². The van der Waals surface area contributed by atoms with Crippen LogP contribution in [0, 0.1) is 6.92 Å². The molecule has 0 spiro atoms. The third kappa shape index (κ3) is 7.67. The molecule has 0 radical (unpaired) electrons. The van der Waals surface area contributed by atoms with Crippen molar-refractivity contribution in [1.29, 1.82) is 0 Å². The van der Waals surface area contributed by atoms with Gasteiger partial charge in [0.15, 0.2) is 0 Å². The van der Waals surface area contributed by atoms with Gasteiger partial charge in [-0.2, -0.15) is 0 Å². The van der Waals surface area contributed by atoms with Gasteiger partial charge < -0.3 is 15.0 Å². The molecule has 0 unspecified atom stereocenters. The van der Waals surface area contributed by atoms with E-state index in [4.69, 9.17) is 4.74 Å². The minimum atomic E-state index is -4.14. The highest BCUT2D eigenvalue weighted by Gasteiger charge is 2.33. The highest BCUT2D eigenvalue weighted by atomic mass is 32.2. The number of sulfonamides is 1. The third-order valence-corrected chi connectivity index (χ3v) is 9.33. The molecule has 9 heteroatoms. The Hall–Kier alpha value is -3.85. The Balaban J connectivity index is 1.67. The zero-order valence-corrected chi connectivity index (χ0v) is 24.8. The van der Waals surface area contributed by atoms with Crippen LogP contribution in [-0.4, -0.2) is 50.9 Å². The zero-order valence-electron chi connectivity index (χ0n) is 24.0. The summed E-state index contributed by atoms with van der Waals surface area (Å²) in [4.78, 5) is 29.0. The van der Waals surface area contributed by atoms with E-state index in [1.54, 1.807) is 43.3 Å². The van der Waals surface area contributed by atoms with E-state index in [-0.39, 0.29) is 29.1 Å². The van der Waals surface area contributed by atoms with Gasteiger partial charge in [-0.15, -0.1) is 0 Å². The monoisotopic (exact) mass is 577 g/mol. The third-order valence-electron chi connectivity index (χ3n) is 7.54. The summed E-state index contributed by atoms with van der Waals surface area (Å²) in [5.74, 6) is -0.269. The summed E-state index contributed by atoms with van der Waals surface area (Å²) in [6, 6.07) is 21.8. The molecule has 4 rings (SSSR count). The maximum Gasteiger partial charge on any atom is 0.264 e. The van der Waals surface area contributed by atoms with Crippen molar-refractivity contribution in [1.82, 2.24) is 10.2 Å². The fourth-order valence-electron chi connectivity index (χ4n) is 5.06. The number of benzene rings is 3. The molecular weight excluding hydrogens is 538 g/mol. The zero-order chi connectivity index (χ0) is 29.4. The Labute approximate surface area is 243 Å². The van der Waals surface area contributed by atoms with Crippen molar-refractivity contribution in [2.75, 3.05) is 18.0 Å². The molecule has 0 bridgehead atoms. The lowest BCUT2D eigenvalue weighted by Gasteiger charge is -2.33. The Morgan fingerprint density at radius 1 is 0.951 bits per heavy atom. The number of amides is 2. The molecule has 1 aliphatic rings. The standard InChI is InChI=1S/C32H39N3O5S/c1-24-17-19-30(20-18-24)41(38,39)35(28-15-10-16-29(21-28)40-3)23-31(36)34(22-26-11-6-4-7-12-26)25(2)32(37)33-27-13-8-5-9-14-27/h4,6-7,10-12,15-21,25,27H,5,8-9,13-14,22-23H2,1-3H3,(H,33,37)/t25-/m1/s1. The summed E-state index contributed by atoms with van der Waals surface area (Å²) in [5, 5.41) is 3.12. The highest BCUT2D eigenvalue weighted by molar-refractivity contribution is 7.92. The highest BCUT2D eigenvalue weighted by Crippen LogP contribution is 2.28. The predicted octanol–water partition coefficient (Wildman–Crippen LogP) is 5.07. The molecular formula is C32H39N3O5S. The summed E-state index contributed by atoms with van der Waals surface area (Å²) < 4.78 is 34.4. The minimum absolute atomic E-state index is 0.0661. The number of methoxy groups -OCH3 is 1. The number of anilines is 1. The van der Waals surface area contributed by atoms with Crippen LogP contribution in [-0.2, 0) is 26.2 Å². The second-order valence-corrected chi connectivity index (χ2v) is 12.4. The van der Waals surface area contributed by atoms with Crippen LogP contribution in [0.1, 0.15) is 50.2 Å². The largest absolute Gasteiger partial charge is 0.497 e. The molecule has 1 atom stereocenters. The van der Waals surface area contributed by atoms with E-state index in [0.717, 1.165) is 47.5 Å². The van der Waals surface area contributed by atoms with E-state index in [1.807, 2.05) is 37.3 Å². The summed E-state index contributed by atoms with van der Waals surface area (Å²) in [6.07, 6.45) is 5.14. The number of hydrogen-bond acceptors (Lipinski definition) is 5. The van der Waals surface area contributed by atoms with Gasteiger partial charge in [-0.1, -0.05) is 73.4 Å². The number of aryl methyl sites for hydroxylation is 1. The lowest BCUT2D eigenvalue weighted by molar-refractivity contribution is -0.139. The van der Waals surface area contributed by atoms with Gasteiger partial charge >= 0.3 is 0 Å². The topological polar surface area (TPSA) is 96.0 Å². The number of ether oxygens (including phenoxy) is 1. The number of nitrogens with zero attached hydrogens (tertiary/aromatic N) is 2. The van der Waals surface area contributed by atoms with Crippen molar-refractivity contribution in [3.05, 3.63) is 90.0 Å². The van der Waals surface area contributed by atoms with E-state index < -0.39 is 28.5 Å². The van der Waals surface area contributed by atoms with E-state index >= 15 is 0 Å². The van der Waals surface area contributed by atoms with Crippen molar-refractivity contribution in [2.45, 2.75) is 69.5 Å². The quantitative estimate of drug-likeness (QED) is 0.344. The van der Waals surface area contributed by atoms with Gasteiger partial charge in [0.2, 0.25) is 11.8 Å². The van der Waals surface area contributed by atoms with Gasteiger partial charge in [0, 0.05) is 18.7 Å². The van der Waals surface area contributed by atoms with Crippen LogP contribution >= 0.6 is 0 Å². The molecule has 3 aromatic rings. The molecule has 2 amide bonds. The SMILES string of the molecule is COc1cccc(N(CC(=O)N(Cc2ccccc2)[C@H](C)C(=O)NC2CCCCC2)S(=O)(=O)c2ccc(C)cc2)c1. The Kier molecular flexibility index (Phi) is 10.0.